The molecule has 110 valence electrons. The second kappa shape index (κ2) is 6.12. The molecule has 0 spiro atoms. The van der Waals surface area contributed by atoms with E-state index in [9.17, 15) is 4.79 Å². The highest BCUT2D eigenvalue weighted by Crippen LogP contribution is 2.26. The summed E-state index contributed by atoms with van der Waals surface area (Å²) in [4.78, 5) is 18.7. The van der Waals surface area contributed by atoms with Crippen LogP contribution in [0.1, 0.15) is 33.6 Å². The van der Waals surface area contributed by atoms with Crippen molar-refractivity contribution in [2.24, 2.45) is 5.41 Å². The number of amides is 1. The third-order valence-electron chi connectivity index (χ3n) is 3.55. The summed E-state index contributed by atoms with van der Waals surface area (Å²) >= 11 is 3.54. The third-order valence-corrected chi connectivity index (χ3v) is 4.17. The van der Waals surface area contributed by atoms with Gasteiger partial charge in [0.1, 0.15) is 5.82 Å². The van der Waals surface area contributed by atoms with Gasteiger partial charge in [-0.25, -0.2) is 4.98 Å². The summed E-state index contributed by atoms with van der Waals surface area (Å²) < 4.78 is 1.03. The summed E-state index contributed by atoms with van der Waals surface area (Å²) in [5.74, 6) is 1.13. The summed E-state index contributed by atoms with van der Waals surface area (Å²) in [5, 5.41) is 3.15. The molecule has 4 nitrogen and oxygen atoms in total. The maximum Gasteiger partial charge on any atom is 0.225 e. The maximum absolute atomic E-state index is 12.0. The van der Waals surface area contributed by atoms with E-state index < -0.39 is 0 Å². The van der Waals surface area contributed by atoms with Crippen LogP contribution in [0, 0.1) is 5.41 Å². The van der Waals surface area contributed by atoms with Gasteiger partial charge < -0.3 is 10.2 Å². The van der Waals surface area contributed by atoms with E-state index in [1.54, 1.807) is 0 Å². The van der Waals surface area contributed by atoms with Gasteiger partial charge in [0.05, 0.1) is 4.47 Å². The van der Waals surface area contributed by atoms with Crippen LogP contribution < -0.4 is 10.2 Å². The van der Waals surface area contributed by atoms with Gasteiger partial charge in [0.15, 0.2) is 0 Å². The Balaban J connectivity index is 1.90. The number of nitrogens with one attached hydrogen (secondary N) is 1. The van der Waals surface area contributed by atoms with E-state index in [1.165, 1.54) is 0 Å². The van der Waals surface area contributed by atoms with Crippen molar-refractivity contribution in [1.82, 2.24) is 10.3 Å². The summed E-state index contributed by atoms with van der Waals surface area (Å²) in [6.45, 7) is 7.68. The lowest BCUT2D eigenvalue weighted by Gasteiger charge is -2.34. The number of carbonyl (C=O) groups excluding carboxylic acids is 1. The monoisotopic (exact) mass is 339 g/mol. The second-order valence-corrected chi connectivity index (χ2v) is 7.15. The van der Waals surface area contributed by atoms with E-state index in [0.29, 0.717) is 0 Å². The second-order valence-electron chi connectivity index (χ2n) is 6.29. The molecular weight excluding hydrogens is 318 g/mol. The van der Waals surface area contributed by atoms with Crippen LogP contribution in [-0.2, 0) is 4.79 Å². The van der Waals surface area contributed by atoms with Crippen LogP contribution >= 0.6 is 15.9 Å². The number of halogens is 1. The summed E-state index contributed by atoms with van der Waals surface area (Å²) in [6.07, 6.45) is 3.74. The minimum Gasteiger partial charge on any atom is -0.356 e. The smallest absolute Gasteiger partial charge is 0.225 e. The van der Waals surface area contributed by atoms with E-state index in [-0.39, 0.29) is 17.4 Å². The van der Waals surface area contributed by atoms with Crippen molar-refractivity contribution in [1.29, 1.82) is 0 Å². The van der Waals surface area contributed by atoms with E-state index in [4.69, 9.17) is 0 Å². The van der Waals surface area contributed by atoms with Gasteiger partial charge in [-0.2, -0.15) is 0 Å². The summed E-state index contributed by atoms with van der Waals surface area (Å²) in [6, 6.07) is 4.21. The Kier molecular flexibility index (Phi) is 4.68. The number of hydrogen-bond acceptors (Lipinski definition) is 3. The first-order valence-electron chi connectivity index (χ1n) is 7.04. The molecule has 1 aliphatic rings. The number of nitrogens with zero attached hydrogens (tertiary/aromatic N) is 2. The maximum atomic E-state index is 12.0. The van der Waals surface area contributed by atoms with E-state index >= 15 is 0 Å². The van der Waals surface area contributed by atoms with Crippen LogP contribution in [0.3, 0.4) is 0 Å². The van der Waals surface area contributed by atoms with Crippen LogP contribution in [-0.4, -0.2) is 30.0 Å². The molecule has 20 heavy (non-hydrogen) atoms. The third kappa shape index (κ3) is 3.72. The topological polar surface area (TPSA) is 45.2 Å². The van der Waals surface area contributed by atoms with Crippen molar-refractivity contribution < 1.29 is 4.79 Å². The molecule has 2 rings (SSSR count). The number of carbonyl (C=O) groups is 1. The first-order chi connectivity index (χ1) is 9.38. The average Bonchev–Trinajstić information content (AvgIpc) is 2.39. The zero-order chi connectivity index (χ0) is 14.8. The van der Waals surface area contributed by atoms with Crippen molar-refractivity contribution in [3.63, 3.8) is 0 Å². The van der Waals surface area contributed by atoms with Crippen LogP contribution in [0.5, 0.6) is 0 Å². The van der Waals surface area contributed by atoms with Gasteiger partial charge in [-0.05, 0) is 40.9 Å². The van der Waals surface area contributed by atoms with Gasteiger partial charge >= 0.3 is 0 Å². The number of anilines is 1. The van der Waals surface area contributed by atoms with Gasteiger partial charge in [-0.15, -0.1) is 0 Å². The van der Waals surface area contributed by atoms with Gasteiger partial charge in [0.25, 0.3) is 0 Å². The largest absolute Gasteiger partial charge is 0.356 e. The molecule has 2 heterocycles. The standard InChI is InChI=1S/C15H22BrN3O/c1-15(2,3)14(20)18-11-6-9-19(10-7-11)13-12(16)5-4-8-17-13/h4-5,8,11H,6-7,9-10H2,1-3H3,(H,18,20). The molecule has 0 unspecified atom stereocenters. The zero-order valence-electron chi connectivity index (χ0n) is 12.3. The summed E-state index contributed by atoms with van der Waals surface area (Å²) in [5.41, 5.74) is -0.318. The molecule has 0 radical (unpaired) electrons. The van der Waals surface area contributed by atoms with Gasteiger partial charge in [-0.3, -0.25) is 4.79 Å². The molecule has 1 amide bonds. The van der Waals surface area contributed by atoms with Crippen molar-refractivity contribution >= 4 is 27.7 Å². The molecule has 1 saturated heterocycles. The van der Waals surface area contributed by atoms with E-state index in [1.807, 2.05) is 39.1 Å². The number of pyridine rings is 1. The predicted octanol–water partition coefficient (Wildman–Crippen LogP) is 2.98. The molecule has 5 heteroatoms. The lowest BCUT2D eigenvalue weighted by Crippen LogP contribution is -2.48. The van der Waals surface area contributed by atoms with Crippen LogP contribution in [0.2, 0.25) is 0 Å². The SMILES string of the molecule is CC(C)(C)C(=O)NC1CCN(c2ncccc2Br)CC1. The Bertz CT molecular complexity index is 476. The average molecular weight is 340 g/mol. The highest BCUT2D eigenvalue weighted by molar-refractivity contribution is 9.10. The first kappa shape index (κ1) is 15.3. The molecule has 0 atom stereocenters. The molecular formula is C15H22BrN3O. The fourth-order valence-corrected chi connectivity index (χ4v) is 2.75. The van der Waals surface area contributed by atoms with Gasteiger partial charge in [-0.1, -0.05) is 20.8 Å². The molecule has 1 aromatic rings. The molecule has 0 bridgehead atoms. The van der Waals surface area contributed by atoms with Gasteiger partial charge in [0, 0.05) is 30.7 Å². The quantitative estimate of drug-likeness (QED) is 0.900. The number of piperidine rings is 1. The Morgan fingerprint density at radius 1 is 1.40 bits per heavy atom. The zero-order valence-corrected chi connectivity index (χ0v) is 13.9. The van der Waals surface area contributed by atoms with Crippen LogP contribution in [0.25, 0.3) is 0 Å². The van der Waals surface area contributed by atoms with Crippen molar-refractivity contribution in [2.75, 3.05) is 18.0 Å². The molecule has 1 aliphatic heterocycles. The van der Waals surface area contributed by atoms with Crippen molar-refractivity contribution in [3.8, 4) is 0 Å². The Morgan fingerprint density at radius 3 is 2.60 bits per heavy atom. The van der Waals surface area contributed by atoms with Crippen LogP contribution in [0.4, 0.5) is 5.82 Å². The predicted molar refractivity (Wildman–Crippen MR) is 84.8 cm³/mol. The fourth-order valence-electron chi connectivity index (χ4n) is 2.25. The van der Waals surface area contributed by atoms with Crippen molar-refractivity contribution in [3.05, 3.63) is 22.8 Å². The lowest BCUT2D eigenvalue weighted by atomic mass is 9.94. The Labute approximate surface area is 129 Å². The lowest BCUT2D eigenvalue weighted by molar-refractivity contribution is -0.129. The fraction of sp³-hybridized carbons (Fsp3) is 0.600. The summed E-state index contributed by atoms with van der Waals surface area (Å²) in [7, 11) is 0. The van der Waals surface area contributed by atoms with Crippen LogP contribution in [0.15, 0.2) is 22.8 Å². The number of hydrogen-bond donors (Lipinski definition) is 1. The number of rotatable bonds is 2. The molecule has 1 N–H and O–H groups in total. The Hall–Kier alpha value is -1.10. The molecule has 0 saturated carbocycles. The molecule has 1 aromatic heterocycles. The normalized spacial score (nSPS) is 17.1. The molecule has 0 aromatic carbocycles. The highest BCUT2D eigenvalue weighted by Gasteiger charge is 2.27. The first-order valence-corrected chi connectivity index (χ1v) is 7.83. The highest BCUT2D eigenvalue weighted by atomic mass is 79.9. The van der Waals surface area contributed by atoms with E-state index in [2.05, 4.69) is 31.1 Å². The number of aromatic nitrogens is 1. The molecule has 1 fully saturated rings. The van der Waals surface area contributed by atoms with E-state index in [0.717, 1.165) is 36.2 Å². The minimum absolute atomic E-state index is 0.134. The minimum atomic E-state index is -0.318. The Morgan fingerprint density at radius 2 is 2.05 bits per heavy atom. The van der Waals surface area contributed by atoms with Crippen molar-refractivity contribution in [2.45, 2.75) is 39.7 Å². The molecule has 0 aliphatic carbocycles. The van der Waals surface area contributed by atoms with Gasteiger partial charge in [0.2, 0.25) is 5.91 Å².